The Kier molecular flexibility index (Phi) is 5.66. The Bertz CT molecular complexity index is 775. The fraction of sp³-hybridized carbons (Fsp3) is 0.280. The van der Waals surface area contributed by atoms with E-state index in [9.17, 15) is 0 Å². The number of ether oxygens (including phenoxy) is 1. The van der Waals surface area contributed by atoms with Crippen LogP contribution in [0.25, 0.3) is 0 Å². The average molecular weight is 357 g/mol. The molecule has 1 N–H and O–H groups in total. The molecule has 3 aromatic carbocycles. The topological polar surface area (TPSA) is 21.3 Å². The summed E-state index contributed by atoms with van der Waals surface area (Å²) < 4.78 is 6.38. The first-order valence-electron chi connectivity index (χ1n) is 9.82. The monoisotopic (exact) mass is 357 g/mol. The second kappa shape index (κ2) is 8.51. The van der Waals surface area contributed by atoms with E-state index in [1.807, 2.05) is 0 Å². The van der Waals surface area contributed by atoms with Gasteiger partial charge in [0.15, 0.2) is 0 Å². The van der Waals surface area contributed by atoms with E-state index in [4.69, 9.17) is 4.74 Å². The van der Waals surface area contributed by atoms with Gasteiger partial charge in [-0.25, -0.2) is 0 Å². The average Bonchev–Trinajstić information content (AvgIpc) is 2.72. The lowest BCUT2D eigenvalue weighted by atomic mass is 9.77. The number of benzene rings is 3. The molecule has 1 aliphatic heterocycles. The van der Waals surface area contributed by atoms with Crippen molar-refractivity contribution in [3.05, 3.63) is 108 Å². The number of nitrogens with one attached hydrogen (secondary N) is 1. The van der Waals surface area contributed by atoms with Crippen molar-refractivity contribution in [2.75, 3.05) is 13.2 Å². The molecule has 1 unspecified atom stereocenters. The highest BCUT2D eigenvalue weighted by Gasteiger charge is 2.41. The Labute approximate surface area is 162 Å². The molecule has 3 aromatic rings. The molecule has 1 atom stereocenters. The predicted octanol–water partition coefficient (Wildman–Crippen LogP) is 4.44. The predicted molar refractivity (Wildman–Crippen MR) is 111 cm³/mol. The van der Waals surface area contributed by atoms with Gasteiger partial charge in [-0.3, -0.25) is 0 Å². The van der Waals surface area contributed by atoms with E-state index < -0.39 is 0 Å². The van der Waals surface area contributed by atoms with Gasteiger partial charge in [0.1, 0.15) is 0 Å². The van der Waals surface area contributed by atoms with Crippen LogP contribution < -0.4 is 5.32 Å². The van der Waals surface area contributed by atoms with Gasteiger partial charge in [0.2, 0.25) is 0 Å². The largest absolute Gasteiger partial charge is 0.375 e. The van der Waals surface area contributed by atoms with Gasteiger partial charge < -0.3 is 10.1 Å². The summed E-state index contributed by atoms with van der Waals surface area (Å²) in [5, 5.41) is 3.87. The molecule has 0 aromatic heterocycles. The lowest BCUT2D eigenvalue weighted by Crippen LogP contribution is -2.63. The van der Waals surface area contributed by atoms with Crippen molar-refractivity contribution in [3.8, 4) is 0 Å². The summed E-state index contributed by atoms with van der Waals surface area (Å²) in [5.41, 5.74) is 3.92. The molecule has 0 spiro atoms. The Balaban J connectivity index is 1.67. The van der Waals surface area contributed by atoms with Gasteiger partial charge in [-0.1, -0.05) is 91.0 Å². The van der Waals surface area contributed by atoms with Gasteiger partial charge >= 0.3 is 0 Å². The molecule has 4 rings (SSSR count). The Hall–Kier alpha value is -2.42. The van der Waals surface area contributed by atoms with Crippen LogP contribution in [0.2, 0.25) is 0 Å². The molecule has 2 heteroatoms. The van der Waals surface area contributed by atoms with Gasteiger partial charge in [-0.15, -0.1) is 0 Å². The molecule has 138 valence electrons. The van der Waals surface area contributed by atoms with E-state index >= 15 is 0 Å². The van der Waals surface area contributed by atoms with Crippen molar-refractivity contribution in [2.24, 2.45) is 0 Å². The van der Waals surface area contributed by atoms with Crippen LogP contribution >= 0.6 is 0 Å². The van der Waals surface area contributed by atoms with E-state index in [1.165, 1.54) is 16.7 Å². The van der Waals surface area contributed by atoms with Crippen LogP contribution in [0.1, 0.15) is 16.7 Å². The van der Waals surface area contributed by atoms with Gasteiger partial charge in [-0.05, 0) is 29.5 Å². The van der Waals surface area contributed by atoms with Crippen LogP contribution in [0, 0.1) is 0 Å². The lowest BCUT2D eigenvalue weighted by molar-refractivity contribution is -0.0502. The minimum absolute atomic E-state index is 0.114. The van der Waals surface area contributed by atoms with E-state index in [0.717, 1.165) is 32.4 Å². The summed E-state index contributed by atoms with van der Waals surface area (Å²) in [7, 11) is 0. The molecule has 1 saturated heterocycles. The normalized spacial score (nSPS) is 18.9. The van der Waals surface area contributed by atoms with Crippen LogP contribution in [0.15, 0.2) is 91.0 Å². The molecule has 0 amide bonds. The number of hydrogen-bond acceptors (Lipinski definition) is 2. The molecule has 0 saturated carbocycles. The molecule has 1 aliphatic rings. The third-order valence-corrected chi connectivity index (χ3v) is 5.50. The molecule has 0 bridgehead atoms. The van der Waals surface area contributed by atoms with E-state index in [1.54, 1.807) is 0 Å². The molecule has 1 heterocycles. The Morgan fingerprint density at radius 1 is 0.704 bits per heavy atom. The minimum atomic E-state index is -0.114. The van der Waals surface area contributed by atoms with E-state index in [0.29, 0.717) is 0 Å². The third kappa shape index (κ3) is 4.47. The first-order valence-corrected chi connectivity index (χ1v) is 9.82. The van der Waals surface area contributed by atoms with Crippen molar-refractivity contribution in [1.29, 1.82) is 0 Å². The maximum atomic E-state index is 6.38. The van der Waals surface area contributed by atoms with E-state index in [2.05, 4.69) is 96.3 Å². The van der Waals surface area contributed by atoms with Crippen molar-refractivity contribution >= 4 is 0 Å². The zero-order valence-electron chi connectivity index (χ0n) is 15.7. The summed E-state index contributed by atoms with van der Waals surface area (Å²) in [4.78, 5) is 0. The quantitative estimate of drug-likeness (QED) is 0.704. The molecule has 1 fully saturated rings. The smallest absolute Gasteiger partial charge is 0.0803 e. The van der Waals surface area contributed by atoms with Crippen molar-refractivity contribution in [2.45, 2.75) is 30.9 Å². The molecule has 0 aliphatic carbocycles. The summed E-state index contributed by atoms with van der Waals surface area (Å²) in [6, 6.07) is 32.3. The van der Waals surface area contributed by atoms with Crippen molar-refractivity contribution in [1.82, 2.24) is 5.32 Å². The fourth-order valence-corrected chi connectivity index (χ4v) is 4.19. The number of rotatable bonds is 6. The van der Waals surface area contributed by atoms with Crippen molar-refractivity contribution < 1.29 is 4.74 Å². The highest BCUT2D eigenvalue weighted by molar-refractivity contribution is 5.26. The standard InChI is InChI=1S/C25H27NO/c1-4-10-21(11-5-1)18-24-25(26-16-17-27-24,19-22-12-6-2-7-13-22)20-23-14-8-3-9-15-23/h1-15,24,26H,16-20H2. The summed E-state index contributed by atoms with van der Waals surface area (Å²) in [6.45, 7) is 1.66. The molecule has 27 heavy (non-hydrogen) atoms. The molecular formula is C25H27NO. The highest BCUT2D eigenvalue weighted by Crippen LogP contribution is 2.29. The van der Waals surface area contributed by atoms with E-state index in [-0.39, 0.29) is 11.6 Å². The maximum Gasteiger partial charge on any atom is 0.0803 e. The van der Waals surface area contributed by atoms with Crippen LogP contribution in [0.5, 0.6) is 0 Å². The molecule has 0 radical (unpaired) electrons. The summed E-state index contributed by atoms with van der Waals surface area (Å²) >= 11 is 0. The third-order valence-electron chi connectivity index (χ3n) is 5.50. The van der Waals surface area contributed by atoms with Gasteiger partial charge in [0.25, 0.3) is 0 Å². The lowest BCUT2D eigenvalue weighted by Gasteiger charge is -2.45. The highest BCUT2D eigenvalue weighted by atomic mass is 16.5. The second-order valence-electron chi connectivity index (χ2n) is 7.46. The number of morpholine rings is 1. The second-order valence-corrected chi connectivity index (χ2v) is 7.46. The zero-order chi connectivity index (χ0) is 18.4. The Morgan fingerprint density at radius 3 is 1.70 bits per heavy atom. The Morgan fingerprint density at radius 2 is 1.19 bits per heavy atom. The first-order chi connectivity index (χ1) is 13.3. The van der Waals surface area contributed by atoms with Crippen LogP contribution in [0.4, 0.5) is 0 Å². The van der Waals surface area contributed by atoms with Gasteiger partial charge in [0.05, 0.1) is 18.2 Å². The van der Waals surface area contributed by atoms with Crippen LogP contribution in [0.3, 0.4) is 0 Å². The van der Waals surface area contributed by atoms with Gasteiger partial charge in [-0.2, -0.15) is 0 Å². The molecule has 2 nitrogen and oxygen atoms in total. The summed E-state index contributed by atoms with van der Waals surface area (Å²) in [5.74, 6) is 0. The van der Waals surface area contributed by atoms with Gasteiger partial charge in [0, 0.05) is 13.0 Å². The van der Waals surface area contributed by atoms with Crippen molar-refractivity contribution in [3.63, 3.8) is 0 Å². The fourth-order valence-electron chi connectivity index (χ4n) is 4.19. The minimum Gasteiger partial charge on any atom is -0.375 e. The maximum absolute atomic E-state index is 6.38. The number of hydrogen-bond donors (Lipinski definition) is 1. The van der Waals surface area contributed by atoms with Crippen LogP contribution in [-0.2, 0) is 24.0 Å². The molecular weight excluding hydrogens is 330 g/mol. The zero-order valence-corrected chi connectivity index (χ0v) is 15.7. The first kappa shape index (κ1) is 18.0. The summed E-state index contributed by atoms with van der Waals surface area (Å²) in [6.07, 6.45) is 2.97. The SMILES string of the molecule is c1ccc(CC2OCCNC2(Cc2ccccc2)Cc2ccccc2)cc1. The van der Waals surface area contributed by atoms with Crippen LogP contribution in [-0.4, -0.2) is 24.8 Å².